The fourth-order valence-corrected chi connectivity index (χ4v) is 3.81. The number of furan rings is 1. The number of anilines is 1. The van der Waals surface area contributed by atoms with Gasteiger partial charge in [0.25, 0.3) is 5.91 Å². The van der Waals surface area contributed by atoms with Crippen molar-refractivity contribution in [2.24, 2.45) is 0 Å². The summed E-state index contributed by atoms with van der Waals surface area (Å²) in [6, 6.07) is 13.0. The highest BCUT2D eigenvalue weighted by molar-refractivity contribution is 7.14. The van der Waals surface area contributed by atoms with Gasteiger partial charge in [-0.3, -0.25) is 19.9 Å². The molecule has 1 aromatic carbocycles. The van der Waals surface area contributed by atoms with Crippen LogP contribution in [0.1, 0.15) is 48.5 Å². The molecule has 0 unspecified atom stereocenters. The third-order valence-corrected chi connectivity index (χ3v) is 5.48. The van der Waals surface area contributed by atoms with Crippen LogP contribution in [-0.4, -0.2) is 21.8 Å². The number of amides is 2. The van der Waals surface area contributed by atoms with Gasteiger partial charge in [0, 0.05) is 23.4 Å². The lowest BCUT2D eigenvalue weighted by Gasteiger charge is -2.11. The molecule has 3 heterocycles. The Morgan fingerprint density at radius 1 is 1.13 bits per heavy atom. The number of nitrogens with one attached hydrogen (secondary N) is 2. The molecule has 2 amide bonds. The third-order valence-electron chi connectivity index (χ3n) is 4.72. The average Bonchev–Trinajstić information content (AvgIpc) is 3.40. The largest absolute Gasteiger partial charge is 0.458 e. The van der Waals surface area contributed by atoms with Crippen molar-refractivity contribution >= 4 is 39.2 Å². The Hall–Kier alpha value is -3.52. The Kier molecular flexibility index (Phi) is 5.81. The minimum Gasteiger partial charge on any atom is -0.458 e. The predicted octanol–water partition coefficient (Wildman–Crippen LogP) is 4.96. The fourth-order valence-electron chi connectivity index (χ4n) is 3.11. The molecule has 0 bridgehead atoms. The molecular formula is C23H22N4O3S. The van der Waals surface area contributed by atoms with Crippen molar-refractivity contribution in [1.29, 1.82) is 0 Å². The van der Waals surface area contributed by atoms with E-state index in [1.165, 1.54) is 18.3 Å². The number of thiazole rings is 1. The van der Waals surface area contributed by atoms with Crippen LogP contribution in [-0.2, 0) is 11.3 Å². The van der Waals surface area contributed by atoms with Crippen LogP contribution in [0, 0.1) is 0 Å². The molecule has 3 aromatic heterocycles. The topological polar surface area (TPSA) is 97.1 Å². The Morgan fingerprint density at radius 3 is 2.71 bits per heavy atom. The molecule has 4 aromatic rings. The van der Waals surface area contributed by atoms with Crippen LogP contribution < -0.4 is 10.6 Å². The van der Waals surface area contributed by atoms with Crippen LogP contribution in [0.15, 0.2) is 52.3 Å². The maximum atomic E-state index is 13.1. The number of hydrogen-bond donors (Lipinski definition) is 2. The van der Waals surface area contributed by atoms with Gasteiger partial charge in [-0.05, 0) is 30.2 Å². The zero-order chi connectivity index (χ0) is 22.0. The summed E-state index contributed by atoms with van der Waals surface area (Å²) in [4.78, 5) is 33.3. The number of pyridine rings is 1. The van der Waals surface area contributed by atoms with Gasteiger partial charge in [-0.1, -0.05) is 32.0 Å². The SMILES string of the molecule is CC(=O)NCc1ccc(-c2csc(NC(=O)c3cc(C(C)C)nc4ccccc34)n2)o1. The summed E-state index contributed by atoms with van der Waals surface area (Å²) in [7, 11) is 0. The number of para-hydroxylation sites is 1. The number of hydrogen-bond acceptors (Lipinski definition) is 6. The summed E-state index contributed by atoms with van der Waals surface area (Å²) in [5, 5.41) is 8.69. The predicted molar refractivity (Wildman–Crippen MR) is 121 cm³/mol. The molecular weight excluding hydrogens is 412 g/mol. The van der Waals surface area contributed by atoms with Crippen LogP contribution in [0.5, 0.6) is 0 Å². The van der Waals surface area contributed by atoms with Crippen LogP contribution >= 0.6 is 11.3 Å². The monoisotopic (exact) mass is 434 g/mol. The van der Waals surface area contributed by atoms with Gasteiger partial charge in [0.15, 0.2) is 10.9 Å². The van der Waals surface area contributed by atoms with E-state index in [1.54, 1.807) is 12.1 Å². The second-order valence-electron chi connectivity index (χ2n) is 7.43. The molecule has 0 saturated heterocycles. The lowest BCUT2D eigenvalue weighted by molar-refractivity contribution is -0.119. The number of carbonyl (C=O) groups excluding carboxylic acids is 2. The molecule has 158 valence electrons. The number of carbonyl (C=O) groups is 2. The summed E-state index contributed by atoms with van der Waals surface area (Å²) in [6.45, 7) is 5.87. The maximum absolute atomic E-state index is 13.1. The van der Waals surface area contributed by atoms with Gasteiger partial charge in [-0.15, -0.1) is 11.3 Å². The van der Waals surface area contributed by atoms with Crippen LogP contribution in [0.2, 0.25) is 0 Å². The van der Waals surface area contributed by atoms with E-state index in [0.29, 0.717) is 34.5 Å². The zero-order valence-corrected chi connectivity index (χ0v) is 18.2. The van der Waals surface area contributed by atoms with Gasteiger partial charge in [0.05, 0.1) is 17.6 Å². The first kappa shape index (κ1) is 20.7. The van der Waals surface area contributed by atoms with Gasteiger partial charge < -0.3 is 9.73 Å². The summed E-state index contributed by atoms with van der Waals surface area (Å²) in [5.41, 5.74) is 2.85. The van der Waals surface area contributed by atoms with Crippen molar-refractivity contribution < 1.29 is 14.0 Å². The Labute approximate surface area is 183 Å². The maximum Gasteiger partial charge on any atom is 0.258 e. The molecule has 0 aliphatic carbocycles. The summed E-state index contributed by atoms with van der Waals surface area (Å²) in [5.74, 6) is 1.06. The number of nitrogens with zero attached hydrogens (tertiary/aromatic N) is 2. The Balaban J connectivity index is 1.55. The quantitative estimate of drug-likeness (QED) is 0.447. The highest BCUT2D eigenvalue weighted by atomic mass is 32.1. The van der Waals surface area contributed by atoms with E-state index >= 15 is 0 Å². The lowest BCUT2D eigenvalue weighted by atomic mass is 10.0. The highest BCUT2D eigenvalue weighted by Crippen LogP contribution is 2.28. The van der Waals surface area contributed by atoms with Gasteiger partial charge in [-0.2, -0.15) is 0 Å². The fraction of sp³-hybridized carbons (Fsp3) is 0.217. The first-order valence-corrected chi connectivity index (χ1v) is 10.8. The van der Waals surface area contributed by atoms with Crippen molar-refractivity contribution in [2.45, 2.75) is 33.2 Å². The van der Waals surface area contributed by atoms with E-state index in [1.807, 2.05) is 35.7 Å². The minimum atomic E-state index is -0.229. The van der Waals surface area contributed by atoms with Crippen LogP contribution in [0.3, 0.4) is 0 Å². The number of aromatic nitrogens is 2. The summed E-state index contributed by atoms with van der Waals surface area (Å²) >= 11 is 1.32. The smallest absolute Gasteiger partial charge is 0.258 e. The minimum absolute atomic E-state index is 0.124. The molecule has 4 rings (SSSR count). The van der Waals surface area contributed by atoms with E-state index in [0.717, 1.165) is 16.6 Å². The molecule has 31 heavy (non-hydrogen) atoms. The molecule has 0 radical (unpaired) electrons. The molecule has 0 saturated carbocycles. The molecule has 0 spiro atoms. The molecule has 8 heteroatoms. The third kappa shape index (κ3) is 4.64. The molecule has 7 nitrogen and oxygen atoms in total. The number of rotatable bonds is 6. The molecule has 0 aliphatic rings. The normalized spacial score (nSPS) is 11.1. The first-order chi connectivity index (χ1) is 14.9. The summed E-state index contributed by atoms with van der Waals surface area (Å²) in [6.07, 6.45) is 0. The highest BCUT2D eigenvalue weighted by Gasteiger charge is 2.17. The van der Waals surface area contributed by atoms with E-state index in [2.05, 4.69) is 34.4 Å². The Morgan fingerprint density at radius 2 is 1.94 bits per heavy atom. The van der Waals surface area contributed by atoms with E-state index in [-0.39, 0.29) is 17.7 Å². The van der Waals surface area contributed by atoms with Gasteiger partial charge in [0.1, 0.15) is 11.5 Å². The molecule has 0 atom stereocenters. The molecule has 0 aliphatic heterocycles. The second-order valence-corrected chi connectivity index (χ2v) is 8.29. The molecule has 0 fully saturated rings. The van der Waals surface area contributed by atoms with E-state index < -0.39 is 0 Å². The van der Waals surface area contributed by atoms with Crippen LogP contribution in [0.4, 0.5) is 5.13 Å². The lowest BCUT2D eigenvalue weighted by Crippen LogP contribution is -2.18. The van der Waals surface area contributed by atoms with Crippen molar-refractivity contribution in [3.05, 3.63) is 64.9 Å². The standard InChI is InChI=1S/C23H22N4O3S/c1-13(2)19-10-17(16-6-4-5-7-18(16)25-19)22(29)27-23-26-20(12-31-23)21-9-8-15(30-21)11-24-14(3)28/h4-10,12-13H,11H2,1-3H3,(H,24,28)(H,26,27,29). The van der Waals surface area contributed by atoms with Crippen molar-refractivity contribution in [3.63, 3.8) is 0 Å². The average molecular weight is 435 g/mol. The van der Waals surface area contributed by atoms with Gasteiger partial charge >= 0.3 is 0 Å². The van der Waals surface area contributed by atoms with E-state index in [9.17, 15) is 9.59 Å². The second kappa shape index (κ2) is 8.69. The van der Waals surface area contributed by atoms with Gasteiger partial charge in [0.2, 0.25) is 5.91 Å². The van der Waals surface area contributed by atoms with Crippen molar-refractivity contribution in [3.8, 4) is 11.5 Å². The van der Waals surface area contributed by atoms with Crippen molar-refractivity contribution in [1.82, 2.24) is 15.3 Å². The van der Waals surface area contributed by atoms with Crippen molar-refractivity contribution in [2.75, 3.05) is 5.32 Å². The van der Waals surface area contributed by atoms with E-state index in [4.69, 9.17) is 4.42 Å². The summed E-state index contributed by atoms with van der Waals surface area (Å²) < 4.78 is 5.73. The number of benzene rings is 1. The first-order valence-electron chi connectivity index (χ1n) is 9.91. The van der Waals surface area contributed by atoms with Crippen LogP contribution in [0.25, 0.3) is 22.4 Å². The zero-order valence-electron chi connectivity index (χ0n) is 17.4. The number of fused-ring (bicyclic) bond motifs is 1. The Bertz CT molecular complexity index is 1260. The molecule has 2 N–H and O–H groups in total. The van der Waals surface area contributed by atoms with Gasteiger partial charge in [-0.25, -0.2) is 4.98 Å².